The van der Waals surface area contributed by atoms with Gasteiger partial charge in [-0.05, 0) is 91.0 Å². The summed E-state index contributed by atoms with van der Waals surface area (Å²) < 4.78 is 163. The number of alkyl halides is 9. The number of carbonyl (C=O) groups excluding carboxylic acids is 1. The maximum Gasteiger partial charge on any atom is 0.460 e. The van der Waals surface area contributed by atoms with Crippen LogP contribution in [0.4, 0.5) is 48.3 Å². The second-order valence-corrected chi connectivity index (χ2v) is 15.7. The first-order valence-electron chi connectivity index (χ1n) is 14.6. The van der Waals surface area contributed by atoms with E-state index in [1.165, 1.54) is 36.0 Å². The SMILES string of the molecule is O=C(c1ccccc1)c1ccc(Sc2ccc([S+](c3ccc(F)cc3)c3ccc(F)cc3)cc2)c(Cl)c1.O=S(=O)([O-])C(F)(F)C(F)(F)C(F)(F)C(F)(F)F. The lowest BCUT2D eigenvalue weighted by Crippen LogP contribution is -2.63. The average molecular weight is 845 g/mol. The van der Waals surface area contributed by atoms with Gasteiger partial charge in [0.15, 0.2) is 30.6 Å². The molecule has 0 heterocycles. The number of halogens is 12. The van der Waals surface area contributed by atoms with E-state index in [2.05, 4.69) is 0 Å². The monoisotopic (exact) mass is 844 g/mol. The summed E-state index contributed by atoms with van der Waals surface area (Å²) in [5.41, 5.74) is 1.16. The fourth-order valence-electron chi connectivity index (χ4n) is 4.32. The first-order valence-corrected chi connectivity index (χ1v) is 18.4. The van der Waals surface area contributed by atoms with Crippen molar-refractivity contribution in [2.45, 2.75) is 47.8 Å². The fraction of sp³-hybridized carbons (Fsp3) is 0.114. The molecule has 0 radical (unpaired) electrons. The Hall–Kier alpha value is -4.10. The van der Waals surface area contributed by atoms with Crippen LogP contribution in [0.5, 0.6) is 0 Å². The molecule has 54 heavy (non-hydrogen) atoms. The number of ketones is 1. The van der Waals surface area contributed by atoms with E-state index in [4.69, 9.17) is 11.6 Å². The quantitative estimate of drug-likeness (QED) is 0.0606. The van der Waals surface area contributed by atoms with Gasteiger partial charge >= 0.3 is 23.3 Å². The van der Waals surface area contributed by atoms with Gasteiger partial charge in [-0.15, -0.1) is 0 Å². The minimum absolute atomic E-state index is 0.0722. The normalized spacial score (nSPS) is 12.6. The maximum atomic E-state index is 13.6. The van der Waals surface area contributed by atoms with Crippen molar-refractivity contribution in [3.05, 3.63) is 149 Å². The highest BCUT2D eigenvalue weighted by atomic mass is 35.5. The fourth-order valence-corrected chi connectivity index (χ4v) is 7.92. The van der Waals surface area contributed by atoms with Gasteiger partial charge in [-0.2, -0.15) is 39.5 Å². The first kappa shape index (κ1) is 42.6. The van der Waals surface area contributed by atoms with Crippen molar-refractivity contribution in [2.24, 2.45) is 0 Å². The summed E-state index contributed by atoms with van der Waals surface area (Å²) in [6, 6.07) is 35.4. The smallest absolute Gasteiger partial charge is 0.460 e. The van der Waals surface area contributed by atoms with Gasteiger partial charge < -0.3 is 4.55 Å². The van der Waals surface area contributed by atoms with E-state index in [1.807, 2.05) is 48.5 Å². The van der Waals surface area contributed by atoms with Crippen LogP contribution in [0, 0.1) is 11.6 Å². The zero-order valence-corrected chi connectivity index (χ0v) is 29.6. The Morgan fingerprint density at radius 3 is 1.46 bits per heavy atom. The zero-order chi connectivity index (χ0) is 40.3. The average Bonchev–Trinajstić information content (AvgIpc) is 3.11. The topological polar surface area (TPSA) is 74.3 Å². The van der Waals surface area contributed by atoms with E-state index in [0.717, 1.165) is 24.5 Å². The Morgan fingerprint density at radius 1 is 0.611 bits per heavy atom. The molecule has 0 aliphatic carbocycles. The van der Waals surface area contributed by atoms with E-state index in [1.54, 1.807) is 48.5 Å². The second kappa shape index (κ2) is 16.3. The lowest BCUT2D eigenvalue weighted by Gasteiger charge is -2.34. The molecule has 0 fully saturated rings. The van der Waals surface area contributed by atoms with Crippen molar-refractivity contribution in [1.29, 1.82) is 0 Å². The molecule has 5 aromatic rings. The predicted molar refractivity (Wildman–Crippen MR) is 177 cm³/mol. The van der Waals surface area contributed by atoms with Crippen molar-refractivity contribution in [1.82, 2.24) is 0 Å². The standard InChI is InChI=1S/C31H20ClF2OS2.C4HF9O3S/c32-29-20-22(31(35)21-4-2-1-3-5-21)6-19-30(29)36-25-11-17-28(18-12-25)37(26-13-7-23(33)8-14-26)27-15-9-24(34)10-16-27;5-1(6,3(9,10)11)2(7,8)4(12,13)17(14,15)16/h1-20H;(H,14,15,16)/q+1;/p-1. The van der Waals surface area contributed by atoms with Gasteiger partial charge in [0.2, 0.25) is 0 Å². The lowest BCUT2D eigenvalue weighted by molar-refractivity contribution is -0.382. The molecule has 0 N–H and O–H groups in total. The van der Waals surface area contributed by atoms with Crippen LogP contribution in [0.25, 0.3) is 0 Å². The molecule has 0 amide bonds. The second-order valence-electron chi connectivity index (χ2n) is 10.7. The van der Waals surface area contributed by atoms with Crippen LogP contribution in [0.15, 0.2) is 146 Å². The molecule has 0 aliphatic rings. The molecule has 5 rings (SSSR count). The summed E-state index contributed by atoms with van der Waals surface area (Å²) in [6.45, 7) is 0. The first-order chi connectivity index (χ1) is 25.0. The number of rotatable bonds is 10. The van der Waals surface area contributed by atoms with Gasteiger partial charge in [-0.25, -0.2) is 17.2 Å². The molecule has 0 spiro atoms. The molecule has 286 valence electrons. The minimum atomic E-state index is -7.43. The number of hydrogen-bond donors (Lipinski definition) is 0. The van der Waals surface area contributed by atoms with E-state index in [-0.39, 0.29) is 17.4 Å². The highest BCUT2D eigenvalue weighted by Crippen LogP contribution is 2.54. The summed E-state index contributed by atoms with van der Waals surface area (Å²) in [5, 5.41) is -6.60. The van der Waals surface area contributed by atoms with Crippen LogP contribution in [0.2, 0.25) is 5.02 Å². The molecule has 0 aromatic heterocycles. The highest BCUT2D eigenvalue weighted by molar-refractivity contribution is 7.99. The van der Waals surface area contributed by atoms with Crippen molar-refractivity contribution in [3.8, 4) is 0 Å². The van der Waals surface area contributed by atoms with E-state index in [9.17, 15) is 66.1 Å². The van der Waals surface area contributed by atoms with Gasteiger partial charge in [0.25, 0.3) is 0 Å². The van der Waals surface area contributed by atoms with Crippen molar-refractivity contribution >= 4 is 50.2 Å². The Bertz CT molecular complexity index is 2140. The van der Waals surface area contributed by atoms with Crippen LogP contribution in [0.3, 0.4) is 0 Å². The summed E-state index contributed by atoms with van der Waals surface area (Å²) in [7, 11) is -7.94. The van der Waals surface area contributed by atoms with Gasteiger partial charge in [-0.1, -0.05) is 53.7 Å². The third-order valence-electron chi connectivity index (χ3n) is 7.05. The summed E-state index contributed by atoms with van der Waals surface area (Å²) >= 11 is 8.05. The number of hydrogen-bond acceptors (Lipinski definition) is 5. The molecular weight excluding hydrogens is 825 g/mol. The Kier molecular flexibility index (Phi) is 12.9. The van der Waals surface area contributed by atoms with Crippen LogP contribution < -0.4 is 0 Å². The third-order valence-corrected chi connectivity index (χ3v) is 11.7. The zero-order valence-electron chi connectivity index (χ0n) is 26.4. The summed E-state index contributed by atoms with van der Waals surface area (Å²) in [4.78, 5) is 17.5. The van der Waals surface area contributed by atoms with E-state index >= 15 is 0 Å². The van der Waals surface area contributed by atoms with Crippen LogP contribution >= 0.6 is 23.4 Å². The Labute approximate surface area is 312 Å². The van der Waals surface area contributed by atoms with Crippen LogP contribution in [-0.2, 0) is 21.0 Å². The molecular formula is C35H20ClF11O4S3. The lowest BCUT2D eigenvalue weighted by atomic mass is 10.0. The minimum Gasteiger partial charge on any atom is -0.743 e. The van der Waals surface area contributed by atoms with Gasteiger partial charge in [-0.3, -0.25) is 4.79 Å². The molecule has 4 nitrogen and oxygen atoms in total. The van der Waals surface area contributed by atoms with Crippen molar-refractivity contribution in [2.75, 3.05) is 0 Å². The molecule has 0 unspecified atom stereocenters. The van der Waals surface area contributed by atoms with Gasteiger partial charge in [0.1, 0.15) is 11.6 Å². The van der Waals surface area contributed by atoms with E-state index in [0.29, 0.717) is 16.1 Å². The highest BCUT2D eigenvalue weighted by Gasteiger charge is 2.83. The van der Waals surface area contributed by atoms with E-state index < -0.39 is 44.3 Å². The Balaban J connectivity index is 0.000000324. The maximum absolute atomic E-state index is 13.6. The van der Waals surface area contributed by atoms with Gasteiger partial charge in [0, 0.05) is 20.9 Å². The molecule has 0 saturated carbocycles. The largest absolute Gasteiger partial charge is 0.743 e. The Morgan fingerprint density at radius 2 is 1.06 bits per heavy atom. The predicted octanol–water partition coefficient (Wildman–Crippen LogP) is 11.1. The molecule has 0 saturated heterocycles. The van der Waals surface area contributed by atoms with Crippen LogP contribution in [0.1, 0.15) is 15.9 Å². The number of benzene rings is 5. The molecule has 19 heteroatoms. The third kappa shape index (κ3) is 9.22. The van der Waals surface area contributed by atoms with Gasteiger partial charge in [0.05, 0.1) is 15.9 Å². The molecule has 0 atom stereocenters. The molecule has 5 aromatic carbocycles. The summed E-state index contributed by atoms with van der Waals surface area (Å²) in [6.07, 6.45) is -7.16. The van der Waals surface area contributed by atoms with Crippen molar-refractivity contribution < 1.29 is 66.1 Å². The molecule has 0 bridgehead atoms. The summed E-state index contributed by atoms with van der Waals surface area (Å²) in [5.74, 6) is -15.5. The molecule has 0 aliphatic heterocycles. The van der Waals surface area contributed by atoms with Crippen LogP contribution in [-0.4, -0.2) is 42.0 Å². The number of carbonyl (C=O) groups is 1. The van der Waals surface area contributed by atoms with Crippen molar-refractivity contribution in [3.63, 3.8) is 0 Å².